The van der Waals surface area contributed by atoms with Crippen molar-refractivity contribution in [2.24, 2.45) is 0 Å². The molecule has 1 unspecified atom stereocenters. The van der Waals surface area contributed by atoms with Gasteiger partial charge in [-0.05, 0) is 54.2 Å². The zero-order valence-electron chi connectivity index (χ0n) is 11.1. The molecule has 1 aliphatic carbocycles. The van der Waals surface area contributed by atoms with E-state index in [2.05, 4.69) is 34.1 Å². The molecule has 0 radical (unpaired) electrons. The second-order valence-corrected chi connectivity index (χ2v) is 6.67. The number of aryl methyl sites for hydroxylation is 2. The molecule has 0 amide bonds. The fraction of sp³-hybridized carbons (Fsp3) is 0.294. The lowest BCUT2D eigenvalue weighted by Gasteiger charge is -2.14. The third kappa shape index (κ3) is 2.93. The van der Waals surface area contributed by atoms with E-state index in [1.54, 1.807) is 0 Å². The van der Waals surface area contributed by atoms with Gasteiger partial charge in [-0.3, -0.25) is 0 Å². The molecule has 3 heteroatoms. The zero-order chi connectivity index (χ0) is 14.1. The highest BCUT2D eigenvalue weighted by molar-refractivity contribution is 9.10. The SMILES string of the molecule is OC(Cc1ccc2c(c1)CCC2)c1cc(Br)ccc1Cl. The van der Waals surface area contributed by atoms with Gasteiger partial charge in [0, 0.05) is 21.5 Å². The smallest absolute Gasteiger partial charge is 0.0845 e. The molecule has 0 saturated carbocycles. The van der Waals surface area contributed by atoms with E-state index in [0.29, 0.717) is 11.4 Å². The molecule has 0 aromatic heterocycles. The van der Waals surface area contributed by atoms with Gasteiger partial charge in [0.1, 0.15) is 0 Å². The second-order valence-electron chi connectivity index (χ2n) is 5.34. The molecule has 104 valence electrons. The normalized spacial score (nSPS) is 15.2. The molecule has 0 heterocycles. The lowest BCUT2D eigenvalue weighted by molar-refractivity contribution is 0.178. The van der Waals surface area contributed by atoms with E-state index >= 15 is 0 Å². The first-order valence-electron chi connectivity index (χ1n) is 6.87. The monoisotopic (exact) mass is 350 g/mol. The predicted octanol–water partition coefficient (Wildman–Crippen LogP) is 4.87. The quantitative estimate of drug-likeness (QED) is 0.836. The van der Waals surface area contributed by atoms with E-state index in [4.69, 9.17) is 11.6 Å². The van der Waals surface area contributed by atoms with Gasteiger partial charge < -0.3 is 5.11 Å². The molecule has 0 spiro atoms. The van der Waals surface area contributed by atoms with E-state index < -0.39 is 6.10 Å². The zero-order valence-corrected chi connectivity index (χ0v) is 13.4. The van der Waals surface area contributed by atoms with Crippen LogP contribution in [0.5, 0.6) is 0 Å². The maximum Gasteiger partial charge on any atom is 0.0845 e. The standard InChI is InChI=1S/C17H16BrClO/c18-14-6-7-16(19)15(10-14)17(20)9-11-4-5-12-2-1-3-13(12)8-11/h4-8,10,17,20H,1-3,9H2. The summed E-state index contributed by atoms with van der Waals surface area (Å²) in [7, 11) is 0. The van der Waals surface area contributed by atoms with Crippen LogP contribution in [0.1, 0.15) is 34.8 Å². The summed E-state index contributed by atoms with van der Waals surface area (Å²) in [5.74, 6) is 0. The van der Waals surface area contributed by atoms with Gasteiger partial charge in [0.05, 0.1) is 6.10 Å². The highest BCUT2D eigenvalue weighted by Crippen LogP contribution is 2.30. The summed E-state index contributed by atoms with van der Waals surface area (Å²) in [5, 5.41) is 11.0. The van der Waals surface area contributed by atoms with Crippen LogP contribution in [-0.4, -0.2) is 5.11 Å². The van der Waals surface area contributed by atoms with Gasteiger partial charge in [-0.1, -0.05) is 45.7 Å². The molecule has 0 saturated heterocycles. The molecule has 0 aliphatic heterocycles. The molecule has 0 bridgehead atoms. The summed E-state index contributed by atoms with van der Waals surface area (Å²) in [4.78, 5) is 0. The number of benzene rings is 2. The van der Waals surface area contributed by atoms with E-state index in [0.717, 1.165) is 16.5 Å². The first-order chi connectivity index (χ1) is 9.63. The number of fused-ring (bicyclic) bond motifs is 1. The minimum Gasteiger partial charge on any atom is -0.388 e. The van der Waals surface area contributed by atoms with Crippen molar-refractivity contribution in [1.82, 2.24) is 0 Å². The number of halogens is 2. The maximum absolute atomic E-state index is 10.4. The fourth-order valence-electron chi connectivity index (χ4n) is 2.86. The van der Waals surface area contributed by atoms with E-state index in [1.807, 2.05) is 18.2 Å². The Balaban J connectivity index is 1.82. The summed E-state index contributed by atoms with van der Waals surface area (Å²) < 4.78 is 0.935. The minimum atomic E-state index is -0.570. The Hall–Kier alpha value is -0.830. The third-order valence-electron chi connectivity index (χ3n) is 3.91. The average Bonchev–Trinajstić information content (AvgIpc) is 2.89. The minimum absolute atomic E-state index is 0.570. The van der Waals surface area contributed by atoms with Crippen molar-refractivity contribution in [3.05, 3.63) is 68.1 Å². The second kappa shape index (κ2) is 5.88. The molecule has 1 nitrogen and oxygen atoms in total. The van der Waals surface area contributed by atoms with Crippen molar-refractivity contribution in [2.75, 3.05) is 0 Å². The Bertz CT molecular complexity index is 639. The van der Waals surface area contributed by atoms with Gasteiger partial charge in [-0.25, -0.2) is 0 Å². The van der Waals surface area contributed by atoms with Gasteiger partial charge in [0.25, 0.3) is 0 Å². The summed E-state index contributed by atoms with van der Waals surface area (Å²) >= 11 is 9.59. The van der Waals surface area contributed by atoms with Crippen molar-refractivity contribution in [1.29, 1.82) is 0 Å². The van der Waals surface area contributed by atoms with Crippen molar-refractivity contribution in [2.45, 2.75) is 31.8 Å². The summed E-state index contributed by atoms with van der Waals surface area (Å²) in [6.07, 6.45) is 3.63. The fourth-order valence-corrected chi connectivity index (χ4v) is 3.48. The molecular formula is C17H16BrClO. The van der Waals surface area contributed by atoms with Crippen LogP contribution in [0.2, 0.25) is 5.02 Å². The van der Waals surface area contributed by atoms with Crippen LogP contribution in [0.4, 0.5) is 0 Å². The van der Waals surface area contributed by atoms with Gasteiger partial charge in [0.15, 0.2) is 0 Å². The number of aliphatic hydroxyl groups excluding tert-OH is 1. The van der Waals surface area contributed by atoms with Crippen molar-refractivity contribution >= 4 is 27.5 Å². The van der Waals surface area contributed by atoms with Crippen LogP contribution >= 0.6 is 27.5 Å². The van der Waals surface area contributed by atoms with E-state index in [1.165, 1.54) is 29.5 Å². The van der Waals surface area contributed by atoms with E-state index in [9.17, 15) is 5.11 Å². The maximum atomic E-state index is 10.4. The van der Waals surface area contributed by atoms with Gasteiger partial charge in [-0.15, -0.1) is 0 Å². The summed E-state index contributed by atoms with van der Waals surface area (Å²) in [6, 6.07) is 12.1. The Morgan fingerprint density at radius 2 is 1.90 bits per heavy atom. The Morgan fingerprint density at radius 3 is 2.75 bits per heavy atom. The van der Waals surface area contributed by atoms with Crippen molar-refractivity contribution in [3.8, 4) is 0 Å². The lowest BCUT2D eigenvalue weighted by atomic mass is 9.98. The largest absolute Gasteiger partial charge is 0.388 e. The Morgan fingerprint density at radius 1 is 1.10 bits per heavy atom. The molecule has 1 aliphatic rings. The molecule has 0 fully saturated rings. The Kier molecular flexibility index (Phi) is 4.16. The molecule has 2 aromatic carbocycles. The lowest BCUT2D eigenvalue weighted by Crippen LogP contribution is -2.03. The van der Waals surface area contributed by atoms with Crippen molar-refractivity contribution in [3.63, 3.8) is 0 Å². The van der Waals surface area contributed by atoms with Gasteiger partial charge >= 0.3 is 0 Å². The van der Waals surface area contributed by atoms with Crippen LogP contribution in [-0.2, 0) is 19.3 Å². The highest BCUT2D eigenvalue weighted by Gasteiger charge is 2.15. The average molecular weight is 352 g/mol. The van der Waals surface area contributed by atoms with Gasteiger partial charge in [0.2, 0.25) is 0 Å². The van der Waals surface area contributed by atoms with Crippen LogP contribution < -0.4 is 0 Å². The first-order valence-corrected chi connectivity index (χ1v) is 8.04. The van der Waals surface area contributed by atoms with Gasteiger partial charge in [-0.2, -0.15) is 0 Å². The Labute approximate surface area is 132 Å². The number of aliphatic hydroxyl groups is 1. The van der Waals surface area contributed by atoms with Crippen LogP contribution in [0, 0.1) is 0 Å². The molecule has 3 rings (SSSR count). The molecule has 2 aromatic rings. The molecule has 1 N–H and O–H groups in total. The topological polar surface area (TPSA) is 20.2 Å². The highest BCUT2D eigenvalue weighted by atomic mass is 79.9. The summed E-state index contributed by atoms with van der Waals surface area (Å²) in [6.45, 7) is 0. The number of hydrogen-bond acceptors (Lipinski definition) is 1. The molecular weight excluding hydrogens is 336 g/mol. The van der Waals surface area contributed by atoms with Crippen LogP contribution in [0.15, 0.2) is 40.9 Å². The third-order valence-corrected chi connectivity index (χ3v) is 4.75. The number of rotatable bonds is 3. The van der Waals surface area contributed by atoms with Crippen LogP contribution in [0.3, 0.4) is 0 Å². The predicted molar refractivity (Wildman–Crippen MR) is 86.3 cm³/mol. The molecule has 20 heavy (non-hydrogen) atoms. The van der Waals surface area contributed by atoms with E-state index in [-0.39, 0.29) is 0 Å². The summed E-state index contributed by atoms with van der Waals surface area (Å²) in [5.41, 5.74) is 4.86. The first kappa shape index (κ1) is 14.1. The number of hydrogen-bond donors (Lipinski definition) is 1. The molecule has 1 atom stereocenters. The van der Waals surface area contributed by atoms with Crippen LogP contribution in [0.25, 0.3) is 0 Å². The van der Waals surface area contributed by atoms with Crippen molar-refractivity contribution < 1.29 is 5.11 Å².